The molecule has 1 aromatic heterocycles. The quantitative estimate of drug-likeness (QED) is 0.696. The summed E-state index contributed by atoms with van der Waals surface area (Å²) in [5.74, 6) is -1.72. The number of alkyl halides is 4. The molecule has 1 aliphatic rings. The van der Waals surface area contributed by atoms with E-state index in [-0.39, 0.29) is 11.5 Å². The minimum Gasteiger partial charge on any atom is -0.504 e. The van der Waals surface area contributed by atoms with E-state index in [0.29, 0.717) is 4.31 Å². The van der Waals surface area contributed by atoms with Gasteiger partial charge >= 0.3 is 6.11 Å². The van der Waals surface area contributed by atoms with Crippen LogP contribution in [0.4, 0.5) is 27.9 Å². The van der Waals surface area contributed by atoms with Crippen LogP contribution < -0.4 is 9.04 Å². The number of anilines is 1. The van der Waals surface area contributed by atoms with Crippen molar-refractivity contribution in [2.75, 3.05) is 18.0 Å². The smallest absolute Gasteiger partial charge is 0.417 e. The first-order valence-corrected chi connectivity index (χ1v) is 8.91. The molecule has 0 spiro atoms. The normalized spacial score (nSPS) is 16.9. The fourth-order valence-corrected chi connectivity index (χ4v) is 4.17. The minimum atomic E-state index is -4.56. The molecule has 1 unspecified atom stereocenters. The van der Waals surface area contributed by atoms with Gasteiger partial charge in [-0.15, -0.1) is 4.94 Å². The predicted octanol–water partition coefficient (Wildman–Crippen LogP) is 3.57. The minimum absolute atomic E-state index is 0.328. The molecular weight excluding hydrogens is 425 g/mol. The lowest BCUT2D eigenvalue weighted by molar-refractivity contribution is -0.364. The Morgan fingerprint density at radius 1 is 1.28 bits per heavy atom. The van der Waals surface area contributed by atoms with Crippen molar-refractivity contribution in [2.45, 2.75) is 12.5 Å². The topological polar surface area (TPSA) is 84.8 Å². The Hall–Kier alpha value is -2.80. The maximum absolute atomic E-state index is 14.2. The summed E-state index contributed by atoms with van der Waals surface area (Å²) in [6.45, 7) is -1.09. The van der Waals surface area contributed by atoms with E-state index in [2.05, 4.69) is 14.9 Å². The number of hydrogen-bond acceptors (Lipinski definition) is 6. The molecule has 1 aliphatic heterocycles. The van der Waals surface area contributed by atoms with Crippen molar-refractivity contribution in [1.29, 1.82) is 0 Å². The maximum Gasteiger partial charge on any atom is 0.417 e. The third kappa shape index (κ3) is 3.62. The van der Waals surface area contributed by atoms with Crippen LogP contribution in [0.15, 0.2) is 30.6 Å². The summed E-state index contributed by atoms with van der Waals surface area (Å²) >= 11 is 0. The number of nitrogens with zero attached hydrogens (tertiary/aromatic N) is 3. The molecule has 3 rings (SSSR count). The van der Waals surface area contributed by atoms with E-state index in [4.69, 9.17) is 4.74 Å². The van der Waals surface area contributed by atoms with E-state index >= 15 is 0 Å². The molecule has 0 bridgehead atoms. The van der Waals surface area contributed by atoms with Gasteiger partial charge in [0.05, 0.1) is 13.7 Å². The highest BCUT2D eigenvalue weighted by Gasteiger charge is 2.44. The van der Waals surface area contributed by atoms with Crippen LogP contribution in [0.1, 0.15) is 16.8 Å². The van der Waals surface area contributed by atoms with Crippen LogP contribution >= 0.6 is 0 Å². The van der Waals surface area contributed by atoms with Crippen molar-refractivity contribution in [2.24, 2.45) is 0 Å². The lowest BCUT2D eigenvalue weighted by Gasteiger charge is -2.30. The summed E-state index contributed by atoms with van der Waals surface area (Å²) in [7, 11) is -1.60. The number of methoxy groups -OCH3 is 1. The first-order chi connectivity index (χ1) is 13.7. The fourth-order valence-electron chi connectivity index (χ4n) is 2.79. The number of aromatic nitrogens is 2. The number of hydrogen-bond donors (Lipinski definition) is 1. The molecule has 1 aromatic carbocycles. The van der Waals surface area contributed by atoms with Crippen LogP contribution in [0.3, 0.4) is 0 Å². The van der Waals surface area contributed by atoms with Crippen LogP contribution in [0.25, 0.3) is 10.7 Å². The molecule has 0 saturated heterocycles. The predicted molar refractivity (Wildman–Crippen MR) is 92.0 cm³/mol. The molecule has 1 N–H and O–H groups in total. The van der Waals surface area contributed by atoms with E-state index in [0.717, 1.165) is 31.6 Å². The summed E-state index contributed by atoms with van der Waals surface area (Å²) in [5.41, 5.74) is -2.19. The van der Waals surface area contributed by atoms with Crippen molar-refractivity contribution in [1.82, 2.24) is 9.97 Å². The van der Waals surface area contributed by atoms with Crippen molar-refractivity contribution in [3.63, 3.8) is 0 Å². The zero-order valence-electron chi connectivity index (χ0n) is 14.5. The standard InChI is InChI=1S/C16H12F5N3O4S/c1-27-9-4-2-3-8(11(9)16(19,20)28-21)14-13(25)12-15(23-6-5-22-12)24(29(14)26)7-10(17)18/h2-6,10,25H,7H2,1H3. The number of aliphatic hydroxyl groups is 1. The fraction of sp³-hybridized carbons (Fsp3) is 0.250. The zero-order valence-corrected chi connectivity index (χ0v) is 15.3. The number of ether oxygens (including phenoxy) is 1. The molecule has 0 fully saturated rings. The highest BCUT2D eigenvalue weighted by Crippen LogP contribution is 2.46. The van der Waals surface area contributed by atoms with Gasteiger partial charge < -0.3 is 9.84 Å². The summed E-state index contributed by atoms with van der Waals surface area (Å²) < 4.78 is 85.4. The Morgan fingerprint density at radius 3 is 2.59 bits per heavy atom. The second kappa shape index (κ2) is 7.91. The number of aliphatic hydroxyl groups excluding tert-OH is 1. The van der Waals surface area contributed by atoms with Crippen molar-refractivity contribution < 1.29 is 41.1 Å². The molecule has 2 aromatic rings. The van der Waals surface area contributed by atoms with Crippen molar-refractivity contribution >= 4 is 27.5 Å². The molecule has 2 heterocycles. The van der Waals surface area contributed by atoms with E-state index in [1.807, 2.05) is 0 Å². The van der Waals surface area contributed by atoms with Crippen LogP contribution in [-0.4, -0.2) is 39.4 Å². The molecule has 0 saturated carbocycles. The Morgan fingerprint density at radius 2 is 1.97 bits per heavy atom. The van der Waals surface area contributed by atoms with E-state index in [1.165, 1.54) is 6.07 Å². The van der Waals surface area contributed by atoms with Gasteiger partial charge in [-0.3, -0.25) is 4.31 Å². The van der Waals surface area contributed by atoms with Crippen LogP contribution in [0.5, 0.6) is 5.75 Å². The largest absolute Gasteiger partial charge is 0.504 e. The highest BCUT2D eigenvalue weighted by atomic mass is 32.2. The molecule has 0 amide bonds. The Bertz CT molecular complexity index is 989. The number of rotatable bonds is 6. The number of fused-ring (bicyclic) bond motifs is 1. The Labute approximate surface area is 162 Å². The lowest BCUT2D eigenvalue weighted by atomic mass is 10.0. The summed E-state index contributed by atoms with van der Waals surface area (Å²) in [5, 5.41) is 10.6. The lowest BCUT2D eigenvalue weighted by Crippen LogP contribution is -2.36. The van der Waals surface area contributed by atoms with Gasteiger partial charge in [-0.05, 0) is 10.6 Å². The molecule has 156 valence electrons. The van der Waals surface area contributed by atoms with Crippen molar-refractivity contribution in [3.05, 3.63) is 47.4 Å². The molecule has 0 radical (unpaired) electrons. The molecular formula is C16H12F5N3O4S. The molecule has 13 heteroatoms. The third-order valence-electron chi connectivity index (χ3n) is 3.91. The highest BCUT2D eigenvalue weighted by molar-refractivity contribution is 7.96. The third-order valence-corrected chi connectivity index (χ3v) is 5.40. The van der Waals surface area contributed by atoms with E-state index in [9.17, 15) is 31.4 Å². The Kier molecular flexibility index (Phi) is 5.71. The van der Waals surface area contributed by atoms with Gasteiger partial charge in [0.25, 0.3) is 6.43 Å². The van der Waals surface area contributed by atoms with Gasteiger partial charge in [-0.1, -0.05) is 12.1 Å². The summed E-state index contributed by atoms with van der Waals surface area (Å²) in [6.07, 6.45) is -5.30. The first kappa shape index (κ1) is 20.9. The number of benzene rings is 1. The molecule has 29 heavy (non-hydrogen) atoms. The Balaban J connectivity index is 2.33. The van der Waals surface area contributed by atoms with Gasteiger partial charge in [0, 0.05) is 18.0 Å². The van der Waals surface area contributed by atoms with Crippen LogP contribution in [-0.2, 0) is 22.0 Å². The van der Waals surface area contributed by atoms with E-state index in [1.54, 1.807) is 0 Å². The maximum atomic E-state index is 14.2. The summed E-state index contributed by atoms with van der Waals surface area (Å²) in [4.78, 5) is 9.64. The molecule has 0 aliphatic carbocycles. The van der Waals surface area contributed by atoms with Gasteiger partial charge in [0.2, 0.25) is 0 Å². The van der Waals surface area contributed by atoms with Gasteiger partial charge in [-0.2, -0.15) is 8.78 Å². The zero-order chi connectivity index (χ0) is 21.3. The van der Waals surface area contributed by atoms with Crippen molar-refractivity contribution in [3.8, 4) is 5.75 Å². The molecule has 1 atom stereocenters. The summed E-state index contributed by atoms with van der Waals surface area (Å²) in [6, 6.07) is 3.24. The second-order valence-electron chi connectivity index (χ2n) is 5.58. The van der Waals surface area contributed by atoms with Gasteiger partial charge in [0.1, 0.15) is 21.9 Å². The average molecular weight is 437 g/mol. The number of halogens is 5. The monoisotopic (exact) mass is 437 g/mol. The van der Waals surface area contributed by atoms with Crippen LogP contribution in [0, 0.1) is 0 Å². The first-order valence-electron chi connectivity index (χ1n) is 7.80. The van der Waals surface area contributed by atoms with Gasteiger partial charge in [0.15, 0.2) is 22.6 Å². The second-order valence-corrected chi connectivity index (χ2v) is 6.93. The van der Waals surface area contributed by atoms with Gasteiger partial charge in [-0.25, -0.2) is 23.0 Å². The van der Waals surface area contributed by atoms with Crippen LogP contribution in [0.2, 0.25) is 0 Å². The molecule has 7 nitrogen and oxygen atoms in total. The average Bonchev–Trinajstić information content (AvgIpc) is 2.70. The van der Waals surface area contributed by atoms with E-state index < -0.39 is 57.6 Å². The SMILES string of the molecule is COc1cccc(C2=C(O)c3nccnc3N(CC(F)F)S2=O)c1C(F)(F)OF.